The Kier molecular flexibility index (Phi) is 3.27. The van der Waals surface area contributed by atoms with E-state index in [9.17, 15) is 4.79 Å². The fraction of sp³-hybridized carbons (Fsp3) is 0.0769. The molecule has 0 aliphatic heterocycles. The van der Waals surface area contributed by atoms with Gasteiger partial charge in [0.25, 0.3) is 5.91 Å². The molecule has 0 unspecified atom stereocenters. The number of nitrogens with one attached hydrogen (secondary N) is 1. The fourth-order valence-electron chi connectivity index (χ4n) is 1.65. The average Bonchev–Trinajstić information content (AvgIpc) is 3.06. The maximum absolute atomic E-state index is 11.8. The molecule has 0 fully saturated rings. The van der Waals surface area contributed by atoms with Gasteiger partial charge in [-0.1, -0.05) is 11.3 Å². The van der Waals surface area contributed by atoms with E-state index in [1.54, 1.807) is 23.9 Å². The maximum atomic E-state index is 11.8. The maximum Gasteiger partial charge on any atom is 0.293 e. The van der Waals surface area contributed by atoms with Crippen LogP contribution in [0.5, 0.6) is 0 Å². The van der Waals surface area contributed by atoms with E-state index in [4.69, 9.17) is 4.42 Å². The minimum Gasteiger partial charge on any atom is -0.459 e. The molecule has 19 heavy (non-hydrogen) atoms. The summed E-state index contributed by atoms with van der Waals surface area (Å²) >= 11 is 3.14. The van der Waals surface area contributed by atoms with Crippen LogP contribution in [0.1, 0.15) is 10.6 Å². The Bertz CT molecular complexity index is 719. The van der Waals surface area contributed by atoms with Gasteiger partial charge < -0.3 is 4.42 Å². The summed E-state index contributed by atoms with van der Waals surface area (Å²) in [5.41, 5.74) is 0.887. The summed E-state index contributed by atoms with van der Waals surface area (Å²) in [4.78, 5) is 17.4. The van der Waals surface area contributed by atoms with Gasteiger partial charge in [0.1, 0.15) is 0 Å². The number of rotatable bonds is 3. The molecule has 4 nitrogen and oxygen atoms in total. The first-order chi connectivity index (χ1) is 9.26. The lowest BCUT2D eigenvalue weighted by Crippen LogP contribution is -2.10. The molecule has 0 radical (unpaired) electrons. The number of amides is 1. The van der Waals surface area contributed by atoms with Gasteiger partial charge in [-0.25, -0.2) is 4.98 Å². The van der Waals surface area contributed by atoms with Crippen molar-refractivity contribution in [3.8, 4) is 0 Å². The Morgan fingerprint density at radius 1 is 1.42 bits per heavy atom. The van der Waals surface area contributed by atoms with Crippen LogP contribution in [0.25, 0.3) is 10.2 Å². The Labute approximate surface area is 117 Å². The standard InChI is InChI=1S/C13H10N2O2S2/c1-18-8-4-5-9-11(7-8)19-13(14-9)15-12(16)10-3-2-6-17-10/h2-7H,1H3,(H,14,15,16). The Morgan fingerprint density at radius 3 is 3.05 bits per heavy atom. The molecule has 1 amide bonds. The number of fused-ring (bicyclic) bond motifs is 1. The third kappa shape index (κ3) is 2.50. The van der Waals surface area contributed by atoms with Crippen LogP contribution in [0, 0.1) is 0 Å². The predicted octanol–water partition coefficient (Wildman–Crippen LogP) is 3.86. The molecule has 0 saturated carbocycles. The van der Waals surface area contributed by atoms with Crippen molar-refractivity contribution in [3.05, 3.63) is 42.4 Å². The van der Waals surface area contributed by atoms with Gasteiger partial charge in [-0.2, -0.15) is 0 Å². The zero-order valence-corrected chi connectivity index (χ0v) is 11.7. The van der Waals surface area contributed by atoms with Crippen molar-refractivity contribution < 1.29 is 9.21 Å². The molecule has 0 aliphatic carbocycles. The molecule has 0 saturated heterocycles. The average molecular weight is 290 g/mol. The van der Waals surface area contributed by atoms with Crippen molar-refractivity contribution in [2.45, 2.75) is 4.90 Å². The summed E-state index contributed by atoms with van der Waals surface area (Å²) < 4.78 is 6.10. The second kappa shape index (κ2) is 5.07. The minimum absolute atomic E-state index is 0.282. The quantitative estimate of drug-likeness (QED) is 0.744. The Hall–Kier alpha value is -1.79. The monoisotopic (exact) mass is 290 g/mol. The lowest BCUT2D eigenvalue weighted by atomic mass is 10.3. The molecule has 1 N–H and O–H groups in total. The molecule has 0 spiro atoms. The van der Waals surface area contributed by atoms with Crippen molar-refractivity contribution in [1.29, 1.82) is 0 Å². The highest BCUT2D eigenvalue weighted by molar-refractivity contribution is 7.98. The smallest absolute Gasteiger partial charge is 0.293 e. The first-order valence-electron chi connectivity index (χ1n) is 5.56. The van der Waals surface area contributed by atoms with Crippen LogP contribution in [0.2, 0.25) is 0 Å². The van der Waals surface area contributed by atoms with E-state index in [0.29, 0.717) is 5.13 Å². The summed E-state index contributed by atoms with van der Waals surface area (Å²) in [5, 5.41) is 3.32. The van der Waals surface area contributed by atoms with Crippen LogP contribution in [-0.4, -0.2) is 17.1 Å². The van der Waals surface area contributed by atoms with E-state index in [0.717, 1.165) is 10.2 Å². The van der Waals surface area contributed by atoms with Crippen LogP contribution in [-0.2, 0) is 0 Å². The number of benzene rings is 1. The van der Waals surface area contributed by atoms with Gasteiger partial charge in [0.2, 0.25) is 0 Å². The van der Waals surface area contributed by atoms with E-state index in [1.807, 2.05) is 18.4 Å². The number of aromatic nitrogens is 1. The Balaban J connectivity index is 1.87. The highest BCUT2D eigenvalue weighted by Gasteiger charge is 2.12. The molecule has 3 rings (SSSR count). The Morgan fingerprint density at radius 2 is 2.32 bits per heavy atom. The molecule has 96 valence electrons. The molecule has 2 aromatic heterocycles. The lowest BCUT2D eigenvalue weighted by Gasteiger charge is -1.96. The molecule has 6 heteroatoms. The van der Waals surface area contributed by atoms with Gasteiger partial charge in [-0.05, 0) is 36.6 Å². The molecular formula is C13H10N2O2S2. The zero-order valence-electron chi connectivity index (χ0n) is 10.0. The van der Waals surface area contributed by atoms with E-state index >= 15 is 0 Å². The van der Waals surface area contributed by atoms with Crippen LogP contribution in [0.15, 0.2) is 45.9 Å². The minimum atomic E-state index is -0.283. The van der Waals surface area contributed by atoms with E-state index < -0.39 is 0 Å². The van der Waals surface area contributed by atoms with Crippen molar-refractivity contribution >= 4 is 44.4 Å². The van der Waals surface area contributed by atoms with E-state index in [-0.39, 0.29) is 11.7 Å². The number of nitrogens with zero attached hydrogens (tertiary/aromatic N) is 1. The van der Waals surface area contributed by atoms with Gasteiger partial charge in [0.05, 0.1) is 16.5 Å². The van der Waals surface area contributed by atoms with Gasteiger partial charge in [-0.3, -0.25) is 10.1 Å². The highest BCUT2D eigenvalue weighted by Crippen LogP contribution is 2.29. The number of carbonyl (C=O) groups excluding carboxylic acids is 1. The second-order valence-corrected chi connectivity index (χ2v) is 5.69. The fourth-order valence-corrected chi connectivity index (χ4v) is 3.07. The molecule has 0 bridgehead atoms. The summed E-state index contributed by atoms with van der Waals surface area (Å²) in [5.74, 6) is -0.00166. The number of thiazole rings is 1. The molecule has 0 aliphatic rings. The van der Waals surface area contributed by atoms with Crippen molar-refractivity contribution in [1.82, 2.24) is 4.98 Å². The van der Waals surface area contributed by atoms with E-state index in [1.165, 1.54) is 22.5 Å². The molecule has 2 heterocycles. The number of hydrogen-bond acceptors (Lipinski definition) is 5. The number of anilines is 1. The number of carbonyl (C=O) groups is 1. The van der Waals surface area contributed by atoms with Gasteiger partial charge >= 0.3 is 0 Å². The number of thioether (sulfide) groups is 1. The van der Waals surface area contributed by atoms with Crippen molar-refractivity contribution in [3.63, 3.8) is 0 Å². The first kappa shape index (κ1) is 12.3. The first-order valence-corrected chi connectivity index (χ1v) is 7.60. The molecular weight excluding hydrogens is 280 g/mol. The third-order valence-electron chi connectivity index (χ3n) is 2.56. The topological polar surface area (TPSA) is 55.1 Å². The molecule has 0 atom stereocenters. The highest BCUT2D eigenvalue weighted by atomic mass is 32.2. The summed E-state index contributed by atoms with van der Waals surface area (Å²) in [6.07, 6.45) is 3.50. The zero-order chi connectivity index (χ0) is 13.2. The molecule has 3 aromatic rings. The predicted molar refractivity (Wildman–Crippen MR) is 78.1 cm³/mol. The third-order valence-corrected chi connectivity index (χ3v) is 4.22. The second-order valence-electron chi connectivity index (χ2n) is 3.78. The van der Waals surface area contributed by atoms with Crippen LogP contribution in [0.4, 0.5) is 5.13 Å². The largest absolute Gasteiger partial charge is 0.459 e. The lowest BCUT2D eigenvalue weighted by molar-refractivity contribution is 0.0996. The van der Waals surface area contributed by atoms with Crippen LogP contribution < -0.4 is 5.32 Å². The normalized spacial score (nSPS) is 10.8. The number of furan rings is 1. The SMILES string of the molecule is CSc1ccc2nc(NC(=O)c3ccco3)sc2c1. The van der Waals surface area contributed by atoms with Gasteiger partial charge in [0.15, 0.2) is 10.9 Å². The van der Waals surface area contributed by atoms with Crippen molar-refractivity contribution in [2.24, 2.45) is 0 Å². The number of hydrogen-bond donors (Lipinski definition) is 1. The summed E-state index contributed by atoms with van der Waals surface area (Å²) in [7, 11) is 0. The summed E-state index contributed by atoms with van der Waals surface area (Å²) in [6.45, 7) is 0. The molecule has 1 aromatic carbocycles. The van der Waals surface area contributed by atoms with Crippen molar-refractivity contribution in [2.75, 3.05) is 11.6 Å². The summed E-state index contributed by atoms with van der Waals surface area (Å²) in [6, 6.07) is 9.35. The van der Waals surface area contributed by atoms with E-state index in [2.05, 4.69) is 16.4 Å². The van der Waals surface area contributed by atoms with Gasteiger partial charge in [0, 0.05) is 4.90 Å². The van der Waals surface area contributed by atoms with Crippen LogP contribution >= 0.6 is 23.1 Å². The van der Waals surface area contributed by atoms with Gasteiger partial charge in [-0.15, -0.1) is 11.8 Å². The van der Waals surface area contributed by atoms with Crippen LogP contribution in [0.3, 0.4) is 0 Å².